The maximum atomic E-state index is 13.5. The first-order chi connectivity index (χ1) is 19.2. The Bertz CT molecular complexity index is 1650. The lowest BCUT2D eigenvalue weighted by atomic mass is 10.1. The van der Waals surface area contributed by atoms with Gasteiger partial charge in [0.1, 0.15) is 12.4 Å². The van der Waals surface area contributed by atoms with Gasteiger partial charge in [0, 0.05) is 28.1 Å². The quantitative estimate of drug-likeness (QED) is 0.0807. The lowest BCUT2D eigenvalue weighted by molar-refractivity contribution is -0.384. The summed E-state index contributed by atoms with van der Waals surface area (Å²) < 4.78 is 13.9. The molecule has 3 aromatic carbocycles. The molecular formula is C30H29BrN4O5. The Morgan fingerprint density at radius 1 is 1.20 bits per heavy atom. The molecule has 0 spiro atoms. The molecule has 0 aliphatic rings. The smallest absolute Gasteiger partial charge is 0.282 e. The van der Waals surface area contributed by atoms with E-state index in [0.717, 1.165) is 22.0 Å². The Balaban J connectivity index is 1.71. The van der Waals surface area contributed by atoms with Crippen molar-refractivity contribution in [2.75, 3.05) is 7.11 Å². The zero-order valence-electron chi connectivity index (χ0n) is 22.5. The van der Waals surface area contributed by atoms with Gasteiger partial charge in [-0.1, -0.05) is 35.9 Å². The fourth-order valence-corrected chi connectivity index (χ4v) is 4.51. The predicted molar refractivity (Wildman–Crippen MR) is 160 cm³/mol. The third-order valence-electron chi connectivity index (χ3n) is 6.48. The molecule has 10 heteroatoms. The molecule has 4 rings (SSSR count). The Hall–Kier alpha value is -4.31. The number of rotatable bonds is 11. The van der Waals surface area contributed by atoms with Crippen molar-refractivity contribution in [2.24, 2.45) is 5.10 Å². The number of nitrogens with zero attached hydrogens (tertiary/aromatic N) is 4. The highest BCUT2D eigenvalue weighted by molar-refractivity contribution is 9.10. The molecule has 4 aromatic rings. The van der Waals surface area contributed by atoms with E-state index >= 15 is 0 Å². The standard InChI is InChI=1S/C30H29BrN4O5/c1-5-7-22-14-21(15-27(39-4)28(22)40-18-20-8-11-24(12-9-20)35(37)38)17-32-34-29(19(3)6-2)33-26-13-10-23(31)16-25(26)30(34)36/h5,8-17,19H,1,6-7,18H2,2-4H3/t19-/m0/s1. The van der Waals surface area contributed by atoms with Crippen molar-refractivity contribution in [3.63, 3.8) is 0 Å². The molecule has 0 saturated carbocycles. The van der Waals surface area contributed by atoms with E-state index in [2.05, 4.69) is 27.6 Å². The van der Waals surface area contributed by atoms with Gasteiger partial charge in [0.15, 0.2) is 11.5 Å². The Labute approximate surface area is 240 Å². The maximum absolute atomic E-state index is 13.5. The van der Waals surface area contributed by atoms with Crippen LogP contribution in [0.2, 0.25) is 0 Å². The minimum atomic E-state index is -0.441. The van der Waals surface area contributed by atoms with E-state index in [-0.39, 0.29) is 23.8 Å². The second-order valence-electron chi connectivity index (χ2n) is 9.22. The largest absolute Gasteiger partial charge is 0.493 e. The fraction of sp³-hybridized carbons (Fsp3) is 0.233. The van der Waals surface area contributed by atoms with Gasteiger partial charge in [-0.05, 0) is 66.4 Å². The first-order valence-electron chi connectivity index (χ1n) is 12.7. The molecule has 0 amide bonds. The molecule has 0 aliphatic heterocycles. The van der Waals surface area contributed by atoms with Gasteiger partial charge in [0.05, 0.1) is 29.2 Å². The highest BCUT2D eigenvalue weighted by Gasteiger charge is 2.17. The van der Waals surface area contributed by atoms with Crippen molar-refractivity contribution in [2.45, 2.75) is 39.2 Å². The first-order valence-corrected chi connectivity index (χ1v) is 13.5. The Morgan fingerprint density at radius 3 is 2.60 bits per heavy atom. The van der Waals surface area contributed by atoms with Crippen molar-refractivity contribution >= 4 is 38.7 Å². The van der Waals surface area contributed by atoms with Crippen molar-refractivity contribution < 1.29 is 14.4 Å². The number of allylic oxidation sites excluding steroid dienone is 1. The Kier molecular flexibility index (Phi) is 9.11. The monoisotopic (exact) mass is 604 g/mol. The van der Waals surface area contributed by atoms with Crippen LogP contribution in [-0.2, 0) is 13.0 Å². The van der Waals surface area contributed by atoms with Crippen LogP contribution < -0.4 is 15.0 Å². The number of halogens is 1. The van der Waals surface area contributed by atoms with Gasteiger partial charge in [-0.2, -0.15) is 9.78 Å². The lowest BCUT2D eigenvalue weighted by Gasteiger charge is -2.16. The van der Waals surface area contributed by atoms with Crippen molar-refractivity contribution in [3.8, 4) is 11.5 Å². The van der Waals surface area contributed by atoms with E-state index in [1.54, 1.807) is 43.7 Å². The van der Waals surface area contributed by atoms with Gasteiger partial charge in [-0.25, -0.2) is 4.98 Å². The van der Waals surface area contributed by atoms with Crippen LogP contribution in [0.3, 0.4) is 0 Å². The second kappa shape index (κ2) is 12.7. The summed E-state index contributed by atoms with van der Waals surface area (Å²) in [5, 5.41) is 16.0. The lowest BCUT2D eigenvalue weighted by Crippen LogP contribution is -2.23. The molecule has 0 aliphatic carbocycles. The van der Waals surface area contributed by atoms with Gasteiger partial charge < -0.3 is 9.47 Å². The number of methoxy groups -OCH3 is 1. The second-order valence-corrected chi connectivity index (χ2v) is 10.1. The minimum Gasteiger partial charge on any atom is -0.493 e. The van der Waals surface area contributed by atoms with Crippen LogP contribution in [0.25, 0.3) is 10.9 Å². The van der Waals surface area contributed by atoms with Crippen LogP contribution in [0, 0.1) is 10.1 Å². The number of nitro groups is 1. The van der Waals surface area contributed by atoms with Crippen LogP contribution in [-0.4, -0.2) is 27.9 Å². The molecule has 0 N–H and O–H groups in total. The Morgan fingerprint density at radius 2 is 1.95 bits per heavy atom. The SMILES string of the molecule is C=CCc1cc(C=Nn2c([C@@H](C)CC)nc3ccc(Br)cc3c2=O)cc(OC)c1OCc1ccc([N+](=O)[O-])cc1. The number of hydrogen-bond donors (Lipinski definition) is 0. The number of non-ortho nitro benzene ring substituents is 1. The average molecular weight is 605 g/mol. The molecular weight excluding hydrogens is 576 g/mol. The van der Waals surface area contributed by atoms with Gasteiger partial charge in [-0.3, -0.25) is 14.9 Å². The normalized spacial score (nSPS) is 12.0. The average Bonchev–Trinajstić information content (AvgIpc) is 2.95. The third-order valence-corrected chi connectivity index (χ3v) is 6.97. The van der Waals surface area contributed by atoms with E-state index in [1.807, 2.05) is 32.0 Å². The van der Waals surface area contributed by atoms with Gasteiger partial charge in [-0.15, -0.1) is 6.58 Å². The summed E-state index contributed by atoms with van der Waals surface area (Å²) >= 11 is 3.43. The van der Waals surface area contributed by atoms with Crippen molar-refractivity contribution in [3.05, 3.63) is 115 Å². The fourth-order valence-electron chi connectivity index (χ4n) is 4.15. The zero-order chi connectivity index (χ0) is 28.8. The van der Waals surface area contributed by atoms with Gasteiger partial charge in [0.25, 0.3) is 11.2 Å². The van der Waals surface area contributed by atoms with Crippen molar-refractivity contribution in [1.29, 1.82) is 0 Å². The molecule has 0 bridgehead atoms. The summed E-state index contributed by atoms with van der Waals surface area (Å²) in [6.07, 6.45) is 4.65. The zero-order valence-corrected chi connectivity index (χ0v) is 24.1. The van der Waals surface area contributed by atoms with E-state index in [9.17, 15) is 14.9 Å². The number of aromatic nitrogens is 2. The van der Waals surface area contributed by atoms with E-state index < -0.39 is 4.92 Å². The molecule has 0 saturated heterocycles. The van der Waals surface area contributed by atoms with Crippen LogP contribution >= 0.6 is 15.9 Å². The summed E-state index contributed by atoms with van der Waals surface area (Å²) in [5.41, 5.74) is 2.68. The van der Waals surface area contributed by atoms with Crippen molar-refractivity contribution in [1.82, 2.24) is 9.66 Å². The molecule has 9 nitrogen and oxygen atoms in total. The first kappa shape index (κ1) is 28.7. The highest BCUT2D eigenvalue weighted by Crippen LogP contribution is 2.34. The molecule has 0 unspecified atom stereocenters. The molecule has 1 heterocycles. The van der Waals surface area contributed by atoms with Crippen LogP contribution in [0.1, 0.15) is 48.7 Å². The van der Waals surface area contributed by atoms with E-state index in [0.29, 0.717) is 40.2 Å². The number of benzene rings is 3. The topological polar surface area (TPSA) is 109 Å². The molecule has 0 fully saturated rings. The summed E-state index contributed by atoms with van der Waals surface area (Å²) in [4.78, 5) is 28.7. The summed E-state index contributed by atoms with van der Waals surface area (Å²) in [7, 11) is 1.54. The number of ether oxygens (including phenoxy) is 2. The van der Waals surface area contributed by atoms with E-state index in [1.165, 1.54) is 16.8 Å². The van der Waals surface area contributed by atoms with E-state index in [4.69, 9.17) is 14.5 Å². The number of fused-ring (bicyclic) bond motifs is 1. The highest BCUT2D eigenvalue weighted by atomic mass is 79.9. The summed E-state index contributed by atoms with van der Waals surface area (Å²) in [6, 6.07) is 15.3. The number of hydrogen-bond acceptors (Lipinski definition) is 7. The number of nitro benzene ring substituents is 1. The molecule has 1 atom stereocenters. The van der Waals surface area contributed by atoms with Crippen LogP contribution in [0.15, 0.2) is 81.6 Å². The van der Waals surface area contributed by atoms with Gasteiger partial charge >= 0.3 is 0 Å². The molecule has 1 aromatic heterocycles. The van der Waals surface area contributed by atoms with Crippen LogP contribution in [0.4, 0.5) is 5.69 Å². The summed E-state index contributed by atoms with van der Waals surface area (Å²) in [5.74, 6) is 1.62. The minimum absolute atomic E-state index is 0.0129. The molecule has 40 heavy (non-hydrogen) atoms. The van der Waals surface area contributed by atoms with Gasteiger partial charge in [0.2, 0.25) is 0 Å². The molecule has 0 radical (unpaired) electrons. The maximum Gasteiger partial charge on any atom is 0.282 e. The van der Waals surface area contributed by atoms with Crippen LogP contribution in [0.5, 0.6) is 11.5 Å². The summed E-state index contributed by atoms with van der Waals surface area (Å²) in [6.45, 7) is 8.10. The predicted octanol–water partition coefficient (Wildman–Crippen LogP) is 6.78. The third kappa shape index (κ3) is 6.28. The molecule has 206 valence electrons.